The largest absolute Gasteiger partial charge is 0.379 e. The Kier molecular flexibility index (Phi) is 6.03. The Labute approximate surface area is 150 Å². The maximum absolute atomic E-state index is 5.99. The van der Waals surface area contributed by atoms with Gasteiger partial charge in [-0.1, -0.05) is 23.2 Å². The molecule has 7 nitrogen and oxygen atoms in total. The van der Waals surface area contributed by atoms with Crippen molar-refractivity contribution < 1.29 is 4.74 Å². The van der Waals surface area contributed by atoms with Crippen LogP contribution in [0.25, 0.3) is 0 Å². The van der Waals surface area contributed by atoms with E-state index in [1.807, 2.05) is 0 Å². The van der Waals surface area contributed by atoms with Crippen molar-refractivity contribution in [2.24, 2.45) is 0 Å². The zero-order chi connectivity index (χ0) is 16.8. The molecule has 0 radical (unpaired) electrons. The van der Waals surface area contributed by atoms with Crippen molar-refractivity contribution in [2.45, 2.75) is 0 Å². The van der Waals surface area contributed by atoms with Crippen molar-refractivity contribution >= 4 is 40.7 Å². The summed E-state index contributed by atoms with van der Waals surface area (Å²) in [5.41, 5.74) is 0.743. The number of nitrogens with one attached hydrogen (secondary N) is 2. The van der Waals surface area contributed by atoms with Gasteiger partial charge in [-0.25, -0.2) is 0 Å². The van der Waals surface area contributed by atoms with Gasteiger partial charge in [-0.2, -0.15) is 10.1 Å². The van der Waals surface area contributed by atoms with Crippen LogP contribution in [0, 0.1) is 0 Å². The molecule has 3 rings (SSSR count). The lowest BCUT2D eigenvalue weighted by Crippen LogP contribution is -2.39. The van der Waals surface area contributed by atoms with Crippen molar-refractivity contribution in [3.05, 3.63) is 34.4 Å². The molecular formula is C15H18Cl2N6O. The van der Waals surface area contributed by atoms with Crippen LogP contribution >= 0.6 is 23.2 Å². The van der Waals surface area contributed by atoms with Crippen LogP contribution in [0.1, 0.15) is 0 Å². The molecule has 0 aliphatic carbocycles. The molecule has 2 aromatic rings. The Morgan fingerprint density at radius 1 is 1.12 bits per heavy atom. The first-order valence-electron chi connectivity index (χ1n) is 7.66. The SMILES string of the molecule is Clc1cc(Cl)cc(Nc2cnnc(NCCN3CCOCC3)n2)c1. The van der Waals surface area contributed by atoms with Crippen LogP contribution in [0.4, 0.5) is 17.5 Å². The van der Waals surface area contributed by atoms with Crippen LogP contribution in [0.15, 0.2) is 24.4 Å². The maximum Gasteiger partial charge on any atom is 0.244 e. The molecule has 0 amide bonds. The quantitative estimate of drug-likeness (QED) is 0.811. The zero-order valence-corrected chi connectivity index (χ0v) is 14.5. The standard InChI is InChI=1S/C15H18Cl2N6O/c16-11-7-12(17)9-13(8-11)20-14-10-19-22-15(21-14)18-1-2-23-3-5-24-6-4-23/h7-10H,1-6H2,(H2,18,20,21,22). The molecular weight excluding hydrogens is 351 g/mol. The molecule has 2 N–H and O–H groups in total. The van der Waals surface area contributed by atoms with Crippen LogP contribution in [0.3, 0.4) is 0 Å². The van der Waals surface area contributed by atoms with Gasteiger partial charge in [-0.3, -0.25) is 4.90 Å². The zero-order valence-electron chi connectivity index (χ0n) is 13.0. The van der Waals surface area contributed by atoms with Crippen LogP contribution in [-0.2, 0) is 4.74 Å². The number of rotatable bonds is 6. The van der Waals surface area contributed by atoms with Crippen molar-refractivity contribution in [1.82, 2.24) is 20.1 Å². The van der Waals surface area contributed by atoms with E-state index in [0.717, 1.165) is 45.1 Å². The molecule has 9 heteroatoms. The molecule has 1 saturated heterocycles. The van der Waals surface area contributed by atoms with Crippen molar-refractivity contribution in [3.8, 4) is 0 Å². The molecule has 1 aromatic heterocycles. The molecule has 0 unspecified atom stereocenters. The van der Waals surface area contributed by atoms with Gasteiger partial charge in [0.05, 0.1) is 19.4 Å². The lowest BCUT2D eigenvalue weighted by molar-refractivity contribution is 0.0398. The smallest absolute Gasteiger partial charge is 0.244 e. The number of hydrogen-bond donors (Lipinski definition) is 2. The minimum atomic E-state index is 0.474. The van der Waals surface area contributed by atoms with Crippen LogP contribution in [0.2, 0.25) is 10.0 Å². The maximum atomic E-state index is 5.99. The Balaban J connectivity index is 1.55. The fourth-order valence-corrected chi connectivity index (χ4v) is 2.89. The van der Waals surface area contributed by atoms with Gasteiger partial charge in [0.25, 0.3) is 0 Å². The van der Waals surface area contributed by atoms with Crippen LogP contribution < -0.4 is 10.6 Å². The van der Waals surface area contributed by atoms with Crippen LogP contribution in [0.5, 0.6) is 0 Å². The first-order valence-corrected chi connectivity index (χ1v) is 8.41. The van der Waals surface area contributed by atoms with Gasteiger partial charge in [-0.05, 0) is 18.2 Å². The van der Waals surface area contributed by atoms with E-state index in [-0.39, 0.29) is 0 Å². The van der Waals surface area contributed by atoms with Gasteiger partial charge in [0.1, 0.15) is 0 Å². The first-order chi connectivity index (χ1) is 11.7. The third-order valence-corrected chi connectivity index (χ3v) is 3.95. The van der Waals surface area contributed by atoms with E-state index < -0.39 is 0 Å². The number of nitrogens with zero attached hydrogens (tertiary/aromatic N) is 4. The average Bonchev–Trinajstić information content (AvgIpc) is 2.55. The minimum absolute atomic E-state index is 0.474. The van der Waals surface area contributed by atoms with E-state index in [1.165, 1.54) is 0 Å². The number of anilines is 3. The van der Waals surface area contributed by atoms with E-state index in [4.69, 9.17) is 27.9 Å². The Bertz CT molecular complexity index is 661. The van der Waals surface area contributed by atoms with Gasteiger partial charge in [-0.15, -0.1) is 5.10 Å². The van der Waals surface area contributed by atoms with Gasteiger partial charge < -0.3 is 15.4 Å². The fraction of sp³-hybridized carbons (Fsp3) is 0.400. The van der Waals surface area contributed by atoms with Gasteiger partial charge in [0.2, 0.25) is 5.95 Å². The minimum Gasteiger partial charge on any atom is -0.379 e. The average molecular weight is 369 g/mol. The topological polar surface area (TPSA) is 75.2 Å². The number of aromatic nitrogens is 3. The number of benzene rings is 1. The molecule has 0 bridgehead atoms. The highest BCUT2D eigenvalue weighted by atomic mass is 35.5. The molecule has 0 saturated carbocycles. The molecule has 1 aliphatic rings. The molecule has 1 fully saturated rings. The molecule has 24 heavy (non-hydrogen) atoms. The van der Waals surface area contributed by atoms with E-state index in [9.17, 15) is 0 Å². The number of ether oxygens (including phenoxy) is 1. The predicted octanol–water partition coefficient (Wildman–Crippen LogP) is 2.67. The van der Waals surface area contributed by atoms with Gasteiger partial charge in [0.15, 0.2) is 5.82 Å². The van der Waals surface area contributed by atoms with Crippen molar-refractivity contribution in [1.29, 1.82) is 0 Å². The highest BCUT2D eigenvalue weighted by molar-refractivity contribution is 6.35. The third-order valence-electron chi connectivity index (χ3n) is 3.51. The van der Waals surface area contributed by atoms with E-state index in [0.29, 0.717) is 21.8 Å². The second-order valence-corrected chi connectivity index (χ2v) is 6.20. The highest BCUT2D eigenvalue weighted by Gasteiger charge is 2.10. The Hall–Kier alpha value is -1.67. The summed E-state index contributed by atoms with van der Waals surface area (Å²) in [5, 5.41) is 15.3. The number of halogens is 2. The van der Waals surface area contributed by atoms with Crippen molar-refractivity contribution in [3.63, 3.8) is 0 Å². The molecule has 128 valence electrons. The first kappa shape index (κ1) is 17.2. The Morgan fingerprint density at radius 3 is 2.62 bits per heavy atom. The second kappa shape index (κ2) is 8.43. The summed E-state index contributed by atoms with van der Waals surface area (Å²) >= 11 is 12.0. The van der Waals surface area contributed by atoms with Gasteiger partial charge >= 0.3 is 0 Å². The lowest BCUT2D eigenvalue weighted by Gasteiger charge is -2.26. The normalized spacial score (nSPS) is 15.2. The van der Waals surface area contributed by atoms with Crippen molar-refractivity contribution in [2.75, 3.05) is 50.0 Å². The summed E-state index contributed by atoms with van der Waals surface area (Å²) < 4.78 is 5.33. The monoisotopic (exact) mass is 368 g/mol. The summed E-state index contributed by atoms with van der Waals surface area (Å²) in [6.07, 6.45) is 1.54. The van der Waals surface area contributed by atoms with E-state index in [1.54, 1.807) is 24.4 Å². The summed E-state index contributed by atoms with van der Waals surface area (Å²) in [6.45, 7) is 5.15. The van der Waals surface area contributed by atoms with Gasteiger partial charge in [0, 0.05) is 41.9 Å². The molecule has 0 atom stereocenters. The summed E-state index contributed by atoms with van der Waals surface area (Å²) in [7, 11) is 0. The fourth-order valence-electron chi connectivity index (χ4n) is 2.36. The highest BCUT2D eigenvalue weighted by Crippen LogP contribution is 2.24. The van der Waals surface area contributed by atoms with Crippen LogP contribution in [-0.4, -0.2) is 59.5 Å². The Morgan fingerprint density at radius 2 is 1.88 bits per heavy atom. The molecule has 1 aliphatic heterocycles. The van der Waals surface area contributed by atoms with E-state index in [2.05, 4.69) is 30.7 Å². The summed E-state index contributed by atoms with van der Waals surface area (Å²) in [6, 6.07) is 5.20. The lowest BCUT2D eigenvalue weighted by atomic mass is 10.3. The predicted molar refractivity (Wildman–Crippen MR) is 95.3 cm³/mol. The summed E-state index contributed by atoms with van der Waals surface area (Å²) in [5.74, 6) is 1.04. The van der Waals surface area contributed by atoms with E-state index >= 15 is 0 Å². The molecule has 0 spiro atoms. The second-order valence-electron chi connectivity index (χ2n) is 5.33. The summed E-state index contributed by atoms with van der Waals surface area (Å²) in [4.78, 5) is 6.72. The number of morpholine rings is 1. The third kappa shape index (κ3) is 5.17. The molecule has 2 heterocycles. The molecule has 1 aromatic carbocycles. The number of hydrogen-bond acceptors (Lipinski definition) is 7.